The zero-order chi connectivity index (χ0) is 21.3. The van der Waals surface area contributed by atoms with Crippen LogP contribution in [0.25, 0.3) is 10.4 Å². The summed E-state index contributed by atoms with van der Waals surface area (Å²) in [6, 6.07) is 5.89. The lowest BCUT2D eigenvalue weighted by Crippen LogP contribution is -2.33. The molecule has 0 bridgehead atoms. The maximum atomic E-state index is 13.5. The summed E-state index contributed by atoms with van der Waals surface area (Å²) < 4.78 is 18.5. The third-order valence-electron chi connectivity index (χ3n) is 5.21. The Hall–Kier alpha value is -2.62. The van der Waals surface area contributed by atoms with Crippen LogP contribution in [0.15, 0.2) is 30.6 Å². The van der Waals surface area contributed by atoms with E-state index < -0.39 is 11.4 Å². The molecule has 1 aliphatic carbocycles. The van der Waals surface area contributed by atoms with E-state index in [1.165, 1.54) is 18.4 Å². The Balaban J connectivity index is 1.59. The number of aliphatic hydroxyl groups is 2. The predicted octanol–water partition coefficient (Wildman–Crippen LogP) is 3.92. The number of anilines is 2. The molecule has 9 heteroatoms. The van der Waals surface area contributed by atoms with Crippen molar-refractivity contribution < 1.29 is 19.3 Å². The second-order valence-corrected chi connectivity index (χ2v) is 8.59. The van der Waals surface area contributed by atoms with Gasteiger partial charge in [-0.25, -0.2) is 9.97 Å². The van der Waals surface area contributed by atoms with E-state index in [4.69, 9.17) is 4.74 Å². The Kier molecular flexibility index (Phi) is 5.68. The third-order valence-corrected chi connectivity index (χ3v) is 6.45. The molecule has 0 amide bonds. The molecule has 0 spiro atoms. The second kappa shape index (κ2) is 8.25. The number of ether oxygens (including phenoxy) is 1. The number of hydrogen-bond acceptors (Lipinski definition) is 8. The topological polar surface area (TPSA) is 100 Å². The van der Waals surface area contributed by atoms with Crippen molar-refractivity contribution in [3.8, 4) is 16.3 Å². The number of methoxy groups -OCH3 is 1. The lowest BCUT2D eigenvalue weighted by atomic mass is 9.84. The summed E-state index contributed by atoms with van der Waals surface area (Å²) in [6.07, 6.45) is 4.64. The average Bonchev–Trinajstić information content (AvgIpc) is 3.23. The lowest BCUT2D eigenvalue weighted by Gasteiger charge is -2.32. The molecule has 3 N–H and O–H groups in total. The van der Waals surface area contributed by atoms with Gasteiger partial charge in [0.05, 0.1) is 24.3 Å². The summed E-state index contributed by atoms with van der Waals surface area (Å²) in [5.41, 5.74) is 1.72. The molecule has 158 valence electrons. The van der Waals surface area contributed by atoms with E-state index in [0.717, 1.165) is 27.9 Å². The normalized spacial score (nSPS) is 21.4. The summed E-state index contributed by atoms with van der Waals surface area (Å²) in [6.45, 7) is 1.97. The molecule has 0 radical (unpaired) electrons. The van der Waals surface area contributed by atoms with Gasteiger partial charge in [-0.15, -0.1) is 11.3 Å². The zero-order valence-corrected chi connectivity index (χ0v) is 17.5. The number of halogens is 1. The first-order valence-electron chi connectivity index (χ1n) is 9.69. The molecule has 0 aliphatic heterocycles. The molecule has 1 fully saturated rings. The van der Waals surface area contributed by atoms with E-state index in [1.54, 1.807) is 6.20 Å². The fourth-order valence-corrected chi connectivity index (χ4v) is 4.65. The number of aryl methyl sites for hydroxylation is 1. The standard InChI is InChI=1S/C21H23FN4O3S/c1-12-7-13(9-14(8-12)25-20-24-10-16(22)18(26-20)29-2)17-11-23-19(30-17)21(28)5-3-15(27)4-6-21/h7-11,15,27-28H,3-6H2,1-2H3,(H,24,25,26). The minimum atomic E-state index is -0.981. The molecule has 4 rings (SSSR count). The quantitative estimate of drug-likeness (QED) is 0.564. The number of aromatic nitrogens is 3. The number of thiazole rings is 1. The highest BCUT2D eigenvalue weighted by Gasteiger charge is 2.36. The van der Waals surface area contributed by atoms with E-state index in [1.807, 2.05) is 25.1 Å². The van der Waals surface area contributed by atoms with E-state index in [-0.39, 0.29) is 17.9 Å². The molecule has 1 aromatic carbocycles. The van der Waals surface area contributed by atoms with Crippen LogP contribution < -0.4 is 10.1 Å². The van der Waals surface area contributed by atoms with Crippen LogP contribution in [0.2, 0.25) is 0 Å². The smallest absolute Gasteiger partial charge is 0.255 e. The number of nitrogens with one attached hydrogen (secondary N) is 1. The summed E-state index contributed by atoms with van der Waals surface area (Å²) in [4.78, 5) is 13.4. The number of rotatable bonds is 5. The molecule has 2 aromatic heterocycles. The van der Waals surface area contributed by atoms with Crippen LogP contribution in [-0.2, 0) is 5.60 Å². The fourth-order valence-electron chi connectivity index (χ4n) is 3.60. The van der Waals surface area contributed by atoms with Gasteiger partial charge in [0.25, 0.3) is 5.88 Å². The molecule has 1 saturated carbocycles. The molecule has 0 unspecified atom stereocenters. The van der Waals surface area contributed by atoms with Crippen molar-refractivity contribution in [1.29, 1.82) is 0 Å². The first-order valence-corrected chi connectivity index (χ1v) is 10.5. The molecule has 7 nitrogen and oxygen atoms in total. The van der Waals surface area contributed by atoms with Crippen LogP contribution in [0.4, 0.5) is 16.0 Å². The first-order chi connectivity index (χ1) is 14.4. The van der Waals surface area contributed by atoms with E-state index in [9.17, 15) is 14.6 Å². The molecule has 0 atom stereocenters. The van der Waals surface area contributed by atoms with Gasteiger partial charge >= 0.3 is 0 Å². The Morgan fingerprint density at radius 2 is 1.97 bits per heavy atom. The van der Waals surface area contributed by atoms with Crippen LogP contribution in [0.5, 0.6) is 5.88 Å². The van der Waals surface area contributed by atoms with Crippen molar-refractivity contribution in [2.45, 2.75) is 44.3 Å². The van der Waals surface area contributed by atoms with Gasteiger partial charge in [0.2, 0.25) is 11.8 Å². The number of aliphatic hydroxyl groups excluding tert-OH is 1. The van der Waals surface area contributed by atoms with Crippen molar-refractivity contribution in [1.82, 2.24) is 15.0 Å². The van der Waals surface area contributed by atoms with Gasteiger partial charge in [0.1, 0.15) is 10.6 Å². The minimum Gasteiger partial charge on any atom is -0.479 e. The molecule has 2 heterocycles. The van der Waals surface area contributed by atoms with Crippen LogP contribution in [0.3, 0.4) is 0 Å². The van der Waals surface area contributed by atoms with Gasteiger partial charge < -0.3 is 20.3 Å². The highest BCUT2D eigenvalue weighted by molar-refractivity contribution is 7.15. The maximum absolute atomic E-state index is 13.5. The summed E-state index contributed by atoms with van der Waals surface area (Å²) in [5, 5.41) is 24.4. The summed E-state index contributed by atoms with van der Waals surface area (Å²) in [5.74, 6) is -0.526. The van der Waals surface area contributed by atoms with Gasteiger partial charge in [-0.05, 0) is 55.9 Å². The maximum Gasteiger partial charge on any atom is 0.255 e. The largest absolute Gasteiger partial charge is 0.479 e. The van der Waals surface area contributed by atoms with Crippen LogP contribution in [-0.4, -0.2) is 38.4 Å². The highest BCUT2D eigenvalue weighted by Crippen LogP contribution is 2.41. The Bertz CT molecular complexity index is 1050. The van der Waals surface area contributed by atoms with Crippen LogP contribution in [0.1, 0.15) is 36.3 Å². The van der Waals surface area contributed by atoms with Crippen LogP contribution in [0, 0.1) is 12.7 Å². The van der Waals surface area contributed by atoms with E-state index >= 15 is 0 Å². The summed E-state index contributed by atoms with van der Waals surface area (Å²) >= 11 is 1.45. The number of benzene rings is 1. The SMILES string of the molecule is COc1nc(Nc2cc(C)cc(-c3cnc(C4(O)CCC(O)CC4)s3)c2)ncc1F. The minimum absolute atomic E-state index is 0.127. The molecule has 3 aromatic rings. The monoisotopic (exact) mass is 430 g/mol. The zero-order valence-electron chi connectivity index (χ0n) is 16.7. The molecular formula is C21H23FN4O3S. The Morgan fingerprint density at radius 3 is 2.70 bits per heavy atom. The van der Waals surface area contributed by atoms with E-state index in [0.29, 0.717) is 30.7 Å². The van der Waals surface area contributed by atoms with Gasteiger partial charge in [-0.2, -0.15) is 9.37 Å². The third kappa shape index (κ3) is 4.28. The fraction of sp³-hybridized carbons (Fsp3) is 0.381. The first kappa shape index (κ1) is 20.6. The molecule has 0 saturated heterocycles. The van der Waals surface area contributed by atoms with Crippen molar-refractivity contribution in [2.24, 2.45) is 0 Å². The van der Waals surface area contributed by atoms with Gasteiger partial charge in [-0.1, -0.05) is 6.07 Å². The van der Waals surface area contributed by atoms with Crippen molar-refractivity contribution >= 4 is 23.0 Å². The number of hydrogen-bond donors (Lipinski definition) is 3. The lowest BCUT2D eigenvalue weighted by molar-refractivity contribution is -0.0362. The van der Waals surface area contributed by atoms with Crippen molar-refractivity contribution in [3.05, 3.63) is 47.0 Å². The predicted molar refractivity (Wildman–Crippen MR) is 112 cm³/mol. The second-order valence-electron chi connectivity index (χ2n) is 7.56. The molecular weight excluding hydrogens is 407 g/mol. The van der Waals surface area contributed by atoms with E-state index in [2.05, 4.69) is 20.3 Å². The Morgan fingerprint density at radius 1 is 1.20 bits per heavy atom. The Labute approximate surface area is 177 Å². The van der Waals surface area contributed by atoms with Gasteiger partial charge in [-0.3, -0.25) is 0 Å². The highest BCUT2D eigenvalue weighted by atomic mass is 32.1. The van der Waals surface area contributed by atoms with Crippen molar-refractivity contribution in [3.63, 3.8) is 0 Å². The number of nitrogens with zero attached hydrogens (tertiary/aromatic N) is 3. The van der Waals surface area contributed by atoms with Gasteiger partial charge in [0, 0.05) is 11.9 Å². The molecule has 1 aliphatic rings. The molecule has 30 heavy (non-hydrogen) atoms. The van der Waals surface area contributed by atoms with Gasteiger partial charge in [0.15, 0.2) is 0 Å². The van der Waals surface area contributed by atoms with Crippen molar-refractivity contribution in [2.75, 3.05) is 12.4 Å². The average molecular weight is 431 g/mol. The summed E-state index contributed by atoms with van der Waals surface area (Å²) in [7, 11) is 1.35. The van der Waals surface area contributed by atoms with Crippen LogP contribution >= 0.6 is 11.3 Å².